The molecule has 0 bridgehead atoms. The van der Waals surface area contributed by atoms with Crippen LogP contribution in [0.4, 0.5) is 0 Å². The number of aromatic nitrogens is 3. The van der Waals surface area contributed by atoms with Crippen molar-refractivity contribution in [2.24, 2.45) is 5.73 Å². The Morgan fingerprint density at radius 3 is 2.55 bits per heavy atom. The molecule has 0 atom stereocenters. The summed E-state index contributed by atoms with van der Waals surface area (Å²) in [5.41, 5.74) is 7.38. The van der Waals surface area contributed by atoms with Gasteiger partial charge in [-0.15, -0.1) is 0 Å². The van der Waals surface area contributed by atoms with Gasteiger partial charge in [0.1, 0.15) is 5.82 Å². The first-order valence-corrected chi connectivity index (χ1v) is 6.91. The van der Waals surface area contributed by atoms with Gasteiger partial charge in [0.15, 0.2) is 11.7 Å². The van der Waals surface area contributed by atoms with Crippen LogP contribution in [0.25, 0.3) is 27.6 Å². The van der Waals surface area contributed by atoms with Crippen molar-refractivity contribution >= 4 is 27.6 Å². The van der Waals surface area contributed by atoms with Gasteiger partial charge in [0.05, 0.1) is 11.0 Å². The topological polar surface area (TPSA) is 80.6 Å². The van der Waals surface area contributed by atoms with Crippen LogP contribution in [0.2, 0.25) is 0 Å². The predicted molar refractivity (Wildman–Crippen MR) is 87.4 cm³/mol. The first kappa shape index (κ1) is 12.5. The summed E-state index contributed by atoms with van der Waals surface area (Å²) < 4.78 is 1.82. The lowest BCUT2D eigenvalue weighted by Gasteiger charge is -2.08. The molecular formula is C17H13N5. The fourth-order valence-electron chi connectivity index (χ4n) is 2.63. The predicted octanol–water partition coefficient (Wildman–Crippen LogP) is 2.86. The summed E-state index contributed by atoms with van der Waals surface area (Å²) in [6.07, 6.45) is 1.82. The Morgan fingerprint density at radius 1 is 1.00 bits per heavy atom. The SMILES string of the molecule is N=C(N)c1nc2ccccc2n1-c1cc2ccccc2cn1. The minimum atomic E-state index is -0.0776. The lowest BCUT2D eigenvalue weighted by molar-refractivity contribution is 1.00. The third-order valence-corrected chi connectivity index (χ3v) is 3.65. The van der Waals surface area contributed by atoms with Crippen molar-refractivity contribution < 1.29 is 0 Å². The molecule has 0 spiro atoms. The zero-order valence-electron chi connectivity index (χ0n) is 11.7. The summed E-state index contributed by atoms with van der Waals surface area (Å²) >= 11 is 0. The van der Waals surface area contributed by atoms with E-state index in [9.17, 15) is 0 Å². The molecule has 0 unspecified atom stereocenters. The summed E-state index contributed by atoms with van der Waals surface area (Å²) in [4.78, 5) is 8.96. The number of amidine groups is 1. The molecule has 0 aliphatic heterocycles. The highest BCUT2D eigenvalue weighted by atomic mass is 15.2. The quantitative estimate of drug-likeness (QED) is 0.439. The van der Waals surface area contributed by atoms with Gasteiger partial charge < -0.3 is 5.73 Å². The summed E-state index contributed by atoms with van der Waals surface area (Å²) in [6.45, 7) is 0. The van der Waals surface area contributed by atoms with E-state index in [1.54, 1.807) is 0 Å². The van der Waals surface area contributed by atoms with Gasteiger partial charge in [0, 0.05) is 11.6 Å². The average Bonchev–Trinajstić information content (AvgIpc) is 2.94. The fraction of sp³-hybridized carbons (Fsp3) is 0. The second-order valence-corrected chi connectivity index (χ2v) is 5.06. The Morgan fingerprint density at radius 2 is 1.73 bits per heavy atom. The Bertz CT molecular complexity index is 1020. The smallest absolute Gasteiger partial charge is 0.181 e. The molecule has 0 aliphatic rings. The molecule has 0 aliphatic carbocycles. The van der Waals surface area contributed by atoms with Crippen molar-refractivity contribution in [3.8, 4) is 5.82 Å². The van der Waals surface area contributed by atoms with Gasteiger partial charge in [0.2, 0.25) is 0 Å². The summed E-state index contributed by atoms with van der Waals surface area (Å²) in [7, 11) is 0. The molecule has 4 aromatic rings. The number of hydrogen-bond donors (Lipinski definition) is 2. The normalized spacial score (nSPS) is 11.1. The Hall–Kier alpha value is -3.21. The fourth-order valence-corrected chi connectivity index (χ4v) is 2.63. The van der Waals surface area contributed by atoms with Crippen molar-refractivity contribution in [1.82, 2.24) is 14.5 Å². The Kier molecular flexibility index (Phi) is 2.66. The van der Waals surface area contributed by atoms with Crippen LogP contribution in [0, 0.1) is 5.41 Å². The maximum absolute atomic E-state index is 7.79. The van der Waals surface area contributed by atoms with Crippen molar-refractivity contribution in [2.75, 3.05) is 0 Å². The lowest BCUT2D eigenvalue weighted by Crippen LogP contribution is -2.18. The summed E-state index contributed by atoms with van der Waals surface area (Å²) in [5, 5.41) is 9.94. The van der Waals surface area contributed by atoms with Gasteiger partial charge in [-0.05, 0) is 23.6 Å². The number of para-hydroxylation sites is 2. The van der Waals surface area contributed by atoms with Crippen LogP contribution in [-0.4, -0.2) is 20.4 Å². The molecule has 5 heteroatoms. The Labute approximate surface area is 126 Å². The van der Waals surface area contributed by atoms with Gasteiger partial charge in [-0.3, -0.25) is 9.98 Å². The number of benzene rings is 2. The molecule has 2 aromatic heterocycles. The van der Waals surface area contributed by atoms with Crippen molar-refractivity contribution in [2.45, 2.75) is 0 Å². The highest BCUT2D eigenvalue weighted by Gasteiger charge is 2.15. The molecule has 5 nitrogen and oxygen atoms in total. The monoisotopic (exact) mass is 287 g/mol. The van der Waals surface area contributed by atoms with E-state index in [-0.39, 0.29) is 5.84 Å². The molecule has 3 N–H and O–H groups in total. The minimum Gasteiger partial charge on any atom is -0.381 e. The van der Waals surface area contributed by atoms with Crippen LogP contribution in [0.3, 0.4) is 0 Å². The van der Waals surface area contributed by atoms with Crippen molar-refractivity contribution in [1.29, 1.82) is 5.41 Å². The zero-order chi connectivity index (χ0) is 15.1. The number of rotatable bonds is 2. The van der Waals surface area contributed by atoms with Crippen LogP contribution in [0.1, 0.15) is 5.82 Å². The molecule has 0 saturated carbocycles. The number of nitrogens with two attached hydrogens (primary N) is 1. The Balaban J connectivity index is 2.06. The van der Waals surface area contributed by atoms with Crippen molar-refractivity contribution in [3.05, 3.63) is 66.6 Å². The maximum atomic E-state index is 7.79. The highest BCUT2D eigenvalue weighted by molar-refractivity contribution is 5.96. The number of fused-ring (bicyclic) bond motifs is 2. The van der Waals surface area contributed by atoms with Gasteiger partial charge in [-0.25, -0.2) is 9.97 Å². The second kappa shape index (κ2) is 4.66. The minimum absolute atomic E-state index is 0.0776. The van der Waals surface area contributed by atoms with E-state index in [0.29, 0.717) is 11.6 Å². The summed E-state index contributed by atoms with van der Waals surface area (Å²) in [6, 6.07) is 17.7. The summed E-state index contributed by atoms with van der Waals surface area (Å²) in [5.74, 6) is 1.03. The van der Waals surface area contributed by atoms with E-state index >= 15 is 0 Å². The molecule has 22 heavy (non-hydrogen) atoms. The van der Waals surface area contributed by atoms with Crippen LogP contribution < -0.4 is 5.73 Å². The molecule has 0 radical (unpaired) electrons. The third kappa shape index (κ3) is 1.83. The van der Waals surface area contributed by atoms with Crippen molar-refractivity contribution in [3.63, 3.8) is 0 Å². The third-order valence-electron chi connectivity index (χ3n) is 3.65. The van der Waals surface area contributed by atoms with E-state index in [2.05, 4.69) is 9.97 Å². The van der Waals surface area contributed by atoms with E-state index in [0.717, 1.165) is 21.8 Å². The van der Waals surface area contributed by atoms with Crippen LogP contribution >= 0.6 is 0 Å². The van der Waals surface area contributed by atoms with Crippen LogP contribution in [0.5, 0.6) is 0 Å². The molecule has 4 rings (SSSR count). The zero-order valence-corrected chi connectivity index (χ0v) is 11.7. The van der Waals surface area contributed by atoms with E-state index in [1.165, 1.54) is 0 Å². The molecule has 106 valence electrons. The first-order chi connectivity index (χ1) is 10.7. The first-order valence-electron chi connectivity index (χ1n) is 6.91. The average molecular weight is 287 g/mol. The molecule has 2 heterocycles. The van der Waals surface area contributed by atoms with Crippen LogP contribution in [0.15, 0.2) is 60.8 Å². The molecular weight excluding hydrogens is 274 g/mol. The maximum Gasteiger partial charge on any atom is 0.181 e. The van der Waals surface area contributed by atoms with Gasteiger partial charge in [0.25, 0.3) is 0 Å². The van der Waals surface area contributed by atoms with E-state index < -0.39 is 0 Å². The standard InChI is InChI=1S/C17H13N5/c18-16(19)17-21-13-7-3-4-8-14(13)22(17)15-9-11-5-1-2-6-12(11)10-20-15/h1-10H,(H3,18,19). The number of nitrogens with zero attached hydrogens (tertiary/aromatic N) is 3. The highest BCUT2D eigenvalue weighted by Crippen LogP contribution is 2.22. The van der Waals surface area contributed by atoms with E-state index in [4.69, 9.17) is 11.1 Å². The van der Waals surface area contributed by atoms with Crippen LogP contribution in [-0.2, 0) is 0 Å². The number of imidazole rings is 1. The molecule has 0 fully saturated rings. The number of nitrogen functional groups attached to an aromatic ring is 1. The number of nitrogens with one attached hydrogen (secondary N) is 1. The molecule has 0 amide bonds. The van der Waals surface area contributed by atoms with Gasteiger partial charge >= 0.3 is 0 Å². The lowest BCUT2D eigenvalue weighted by atomic mass is 10.2. The number of pyridine rings is 1. The second-order valence-electron chi connectivity index (χ2n) is 5.06. The molecule has 0 saturated heterocycles. The number of hydrogen-bond acceptors (Lipinski definition) is 3. The van der Waals surface area contributed by atoms with Gasteiger partial charge in [-0.2, -0.15) is 0 Å². The largest absolute Gasteiger partial charge is 0.381 e. The van der Waals surface area contributed by atoms with Gasteiger partial charge in [-0.1, -0.05) is 36.4 Å². The van der Waals surface area contributed by atoms with E-state index in [1.807, 2.05) is 65.4 Å². The molecule has 2 aromatic carbocycles.